The zero-order chi connectivity index (χ0) is 7.68. The van der Waals surface area contributed by atoms with E-state index in [0.29, 0.717) is 0 Å². The van der Waals surface area contributed by atoms with E-state index >= 15 is 0 Å². The van der Waals surface area contributed by atoms with Gasteiger partial charge in [-0.2, -0.15) is 0 Å². The maximum Gasteiger partial charge on any atom is 0.0230 e. The minimum absolute atomic E-state index is 0.730. The Kier molecular flexibility index (Phi) is 2.14. The molecule has 1 saturated carbocycles. The molecule has 0 amide bonds. The topological polar surface area (TPSA) is 29.3 Å². The van der Waals surface area contributed by atoms with Crippen LogP contribution in [0.1, 0.15) is 25.7 Å². The van der Waals surface area contributed by atoms with E-state index in [1.54, 1.807) is 0 Å². The van der Waals surface area contributed by atoms with Crippen LogP contribution in [0.15, 0.2) is 0 Å². The van der Waals surface area contributed by atoms with Gasteiger partial charge in [0.25, 0.3) is 0 Å². The third-order valence-corrected chi connectivity index (χ3v) is 3.06. The average molecular weight is 154 g/mol. The zero-order valence-electron chi connectivity index (χ0n) is 7.13. The predicted molar refractivity (Wildman–Crippen MR) is 46.4 cm³/mol. The molecule has 1 heterocycles. The zero-order valence-corrected chi connectivity index (χ0v) is 7.13. The molecular weight excluding hydrogens is 136 g/mol. The summed E-state index contributed by atoms with van der Waals surface area (Å²) in [6, 6.07) is 0.730. The molecule has 1 saturated heterocycles. The van der Waals surface area contributed by atoms with E-state index < -0.39 is 0 Å². The summed E-state index contributed by atoms with van der Waals surface area (Å²) in [5.74, 6) is 1.08. The predicted octanol–water partition coefficient (Wildman–Crippen LogP) is 0.819. The van der Waals surface area contributed by atoms with E-state index in [1.165, 1.54) is 38.8 Å². The van der Waals surface area contributed by atoms with Crippen LogP contribution in [0.3, 0.4) is 0 Å². The van der Waals surface area contributed by atoms with Crippen molar-refractivity contribution in [3.05, 3.63) is 0 Å². The molecule has 1 aliphatic carbocycles. The smallest absolute Gasteiger partial charge is 0.0230 e. The van der Waals surface area contributed by atoms with Crippen molar-refractivity contribution in [2.75, 3.05) is 19.6 Å². The van der Waals surface area contributed by atoms with Crippen LogP contribution in [0, 0.1) is 5.92 Å². The molecule has 0 radical (unpaired) electrons. The van der Waals surface area contributed by atoms with Crippen LogP contribution in [0.4, 0.5) is 0 Å². The summed E-state index contributed by atoms with van der Waals surface area (Å²) in [4.78, 5) is 2.54. The monoisotopic (exact) mass is 154 g/mol. The van der Waals surface area contributed by atoms with E-state index in [9.17, 15) is 0 Å². The largest absolute Gasteiger partial charge is 0.329 e. The van der Waals surface area contributed by atoms with Gasteiger partial charge in [0.15, 0.2) is 0 Å². The van der Waals surface area contributed by atoms with Gasteiger partial charge < -0.3 is 5.73 Å². The molecule has 2 rings (SSSR count). The Labute approximate surface area is 68.7 Å². The highest BCUT2D eigenvalue weighted by molar-refractivity contribution is 4.85. The number of hydrogen-bond acceptors (Lipinski definition) is 2. The van der Waals surface area contributed by atoms with E-state index in [1.807, 2.05) is 0 Å². The first-order valence-corrected chi connectivity index (χ1v) is 4.84. The average Bonchev–Trinajstić information content (AvgIpc) is 2.70. The SMILES string of the molecule is NCC1CCN1CCC1CC1. The lowest BCUT2D eigenvalue weighted by atomic mass is 10.0. The van der Waals surface area contributed by atoms with E-state index in [-0.39, 0.29) is 0 Å². The highest BCUT2D eigenvalue weighted by Crippen LogP contribution is 2.33. The van der Waals surface area contributed by atoms with Gasteiger partial charge in [0, 0.05) is 19.1 Å². The Balaban J connectivity index is 1.61. The minimum atomic E-state index is 0.730. The normalized spacial score (nSPS) is 31.9. The Morgan fingerprint density at radius 3 is 2.55 bits per heavy atom. The molecule has 2 heteroatoms. The molecular formula is C9H18N2. The molecule has 1 atom stereocenters. The molecule has 2 N–H and O–H groups in total. The molecule has 0 bridgehead atoms. The Morgan fingerprint density at radius 2 is 2.09 bits per heavy atom. The van der Waals surface area contributed by atoms with Crippen molar-refractivity contribution in [2.24, 2.45) is 11.7 Å². The first-order chi connectivity index (χ1) is 5.40. The molecule has 0 aromatic carbocycles. The summed E-state index contributed by atoms with van der Waals surface area (Å²) >= 11 is 0. The van der Waals surface area contributed by atoms with Crippen molar-refractivity contribution >= 4 is 0 Å². The number of nitrogens with two attached hydrogens (primary N) is 1. The second kappa shape index (κ2) is 3.11. The lowest BCUT2D eigenvalue weighted by molar-refractivity contribution is 0.0936. The van der Waals surface area contributed by atoms with Crippen LogP contribution in [-0.4, -0.2) is 30.6 Å². The van der Waals surface area contributed by atoms with Crippen molar-refractivity contribution < 1.29 is 0 Å². The maximum atomic E-state index is 5.60. The van der Waals surface area contributed by atoms with Crippen molar-refractivity contribution in [3.8, 4) is 0 Å². The number of rotatable bonds is 4. The third kappa shape index (κ3) is 1.74. The fraction of sp³-hybridized carbons (Fsp3) is 1.00. The highest BCUT2D eigenvalue weighted by Gasteiger charge is 2.28. The second-order valence-corrected chi connectivity index (χ2v) is 3.95. The molecule has 2 nitrogen and oxygen atoms in total. The van der Waals surface area contributed by atoms with Gasteiger partial charge in [-0.25, -0.2) is 0 Å². The Hall–Kier alpha value is -0.0800. The molecule has 11 heavy (non-hydrogen) atoms. The quantitative estimate of drug-likeness (QED) is 0.649. The molecule has 0 aromatic heterocycles. The highest BCUT2D eigenvalue weighted by atomic mass is 15.2. The molecule has 0 spiro atoms. The summed E-state index contributed by atoms with van der Waals surface area (Å²) < 4.78 is 0. The van der Waals surface area contributed by atoms with E-state index in [2.05, 4.69) is 4.90 Å². The van der Waals surface area contributed by atoms with Crippen molar-refractivity contribution in [3.63, 3.8) is 0 Å². The van der Waals surface area contributed by atoms with Crippen LogP contribution in [0.5, 0.6) is 0 Å². The van der Waals surface area contributed by atoms with Crippen molar-refractivity contribution in [1.29, 1.82) is 0 Å². The molecule has 1 unspecified atom stereocenters. The summed E-state index contributed by atoms with van der Waals surface area (Å²) in [5.41, 5.74) is 5.60. The van der Waals surface area contributed by atoms with Crippen LogP contribution in [0.2, 0.25) is 0 Å². The van der Waals surface area contributed by atoms with Gasteiger partial charge >= 0.3 is 0 Å². The van der Waals surface area contributed by atoms with Crippen molar-refractivity contribution in [2.45, 2.75) is 31.7 Å². The van der Waals surface area contributed by atoms with E-state index in [4.69, 9.17) is 5.73 Å². The first kappa shape index (κ1) is 7.56. The summed E-state index contributed by atoms with van der Waals surface area (Å²) in [6.07, 6.45) is 5.74. The van der Waals surface area contributed by atoms with Gasteiger partial charge in [0.05, 0.1) is 0 Å². The lowest BCUT2D eigenvalue weighted by Crippen LogP contribution is -2.51. The minimum Gasteiger partial charge on any atom is -0.329 e. The Morgan fingerprint density at radius 1 is 1.27 bits per heavy atom. The van der Waals surface area contributed by atoms with Gasteiger partial charge in [-0.05, 0) is 25.3 Å². The number of likely N-dealkylation sites (tertiary alicyclic amines) is 1. The second-order valence-electron chi connectivity index (χ2n) is 3.95. The maximum absolute atomic E-state index is 5.60. The van der Waals surface area contributed by atoms with Gasteiger partial charge in [-0.15, -0.1) is 0 Å². The summed E-state index contributed by atoms with van der Waals surface area (Å²) in [6.45, 7) is 3.48. The standard InChI is InChI=1S/C9H18N2/c10-7-9-4-6-11(9)5-3-8-1-2-8/h8-9H,1-7,10H2. The Bertz CT molecular complexity index is 130. The molecule has 2 aliphatic rings. The van der Waals surface area contributed by atoms with Crippen molar-refractivity contribution in [1.82, 2.24) is 4.90 Å². The summed E-state index contributed by atoms with van der Waals surface area (Å²) in [7, 11) is 0. The molecule has 64 valence electrons. The molecule has 0 aromatic rings. The van der Waals surface area contributed by atoms with Gasteiger partial charge in [-0.1, -0.05) is 12.8 Å². The lowest BCUT2D eigenvalue weighted by Gasteiger charge is -2.40. The number of hydrogen-bond donors (Lipinski definition) is 1. The first-order valence-electron chi connectivity index (χ1n) is 4.84. The third-order valence-electron chi connectivity index (χ3n) is 3.06. The van der Waals surface area contributed by atoms with Gasteiger partial charge in [0.2, 0.25) is 0 Å². The van der Waals surface area contributed by atoms with Crippen LogP contribution >= 0.6 is 0 Å². The van der Waals surface area contributed by atoms with E-state index in [0.717, 1.165) is 18.5 Å². The molecule has 1 aliphatic heterocycles. The summed E-state index contributed by atoms with van der Waals surface area (Å²) in [5, 5.41) is 0. The number of nitrogens with zero attached hydrogens (tertiary/aromatic N) is 1. The fourth-order valence-corrected chi connectivity index (χ4v) is 1.81. The van der Waals surface area contributed by atoms with Crippen LogP contribution in [-0.2, 0) is 0 Å². The van der Waals surface area contributed by atoms with Crippen LogP contribution in [0.25, 0.3) is 0 Å². The molecule has 2 fully saturated rings. The van der Waals surface area contributed by atoms with Crippen LogP contribution < -0.4 is 5.73 Å². The fourth-order valence-electron chi connectivity index (χ4n) is 1.81. The van der Waals surface area contributed by atoms with Gasteiger partial charge in [0.1, 0.15) is 0 Å². The van der Waals surface area contributed by atoms with Gasteiger partial charge in [-0.3, -0.25) is 4.90 Å².